The molecular weight excluding hydrogens is 240 g/mol. The zero-order chi connectivity index (χ0) is 13.7. The number of unbranched alkanes of at least 4 members (excludes halogenated alkanes) is 1. The molecule has 0 aliphatic heterocycles. The number of hydrogen-bond donors (Lipinski definition) is 3. The minimum absolute atomic E-state index is 0.220. The average molecular weight is 262 g/mol. The van der Waals surface area contributed by atoms with Crippen molar-refractivity contribution < 1.29 is 4.79 Å². The zero-order valence-electron chi connectivity index (χ0n) is 11.4. The first-order valence-corrected chi connectivity index (χ1v) is 6.91. The van der Waals surface area contributed by atoms with E-state index < -0.39 is 0 Å². The Balaban J connectivity index is 1.58. The third-order valence-electron chi connectivity index (χ3n) is 3.35. The van der Waals surface area contributed by atoms with Crippen LogP contribution < -0.4 is 16.4 Å². The van der Waals surface area contributed by atoms with Gasteiger partial charge in [-0.3, -0.25) is 4.79 Å². The van der Waals surface area contributed by atoms with E-state index in [1.807, 2.05) is 13.0 Å². The molecule has 0 unspecified atom stereocenters. The minimum atomic E-state index is 0.220. The molecule has 19 heavy (non-hydrogen) atoms. The Morgan fingerprint density at radius 1 is 1.42 bits per heavy atom. The van der Waals surface area contributed by atoms with Crippen molar-refractivity contribution in [3.63, 3.8) is 0 Å². The molecule has 1 amide bonds. The molecule has 1 aromatic rings. The molecule has 1 fully saturated rings. The standard InChI is InChI=1S/C14H22N4O/c1-10-6-9-17-13(12(10)15)16-7-2-3-8-18-14(19)11-4-5-11/h6,9,11H,2-5,7-8,15H2,1H3,(H,16,17)(H,18,19). The van der Waals surface area contributed by atoms with Crippen LogP contribution in [0.15, 0.2) is 12.3 Å². The highest BCUT2D eigenvalue weighted by atomic mass is 16.2. The van der Waals surface area contributed by atoms with Crippen molar-refractivity contribution in [3.05, 3.63) is 17.8 Å². The second-order valence-corrected chi connectivity index (χ2v) is 5.09. The summed E-state index contributed by atoms with van der Waals surface area (Å²) < 4.78 is 0. The number of aryl methyl sites for hydroxylation is 1. The number of hydrogen-bond acceptors (Lipinski definition) is 4. The molecule has 5 nitrogen and oxygen atoms in total. The van der Waals surface area contributed by atoms with E-state index in [1.54, 1.807) is 6.20 Å². The van der Waals surface area contributed by atoms with E-state index in [-0.39, 0.29) is 5.91 Å². The number of nitrogens with zero attached hydrogens (tertiary/aromatic N) is 1. The second kappa shape index (κ2) is 6.41. The lowest BCUT2D eigenvalue weighted by Gasteiger charge is -2.10. The summed E-state index contributed by atoms with van der Waals surface area (Å²) in [5, 5.41) is 6.18. The van der Waals surface area contributed by atoms with E-state index in [0.717, 1.165) is 50.2 Å². The predicted octanol–water partition coefficient (Wildman–Crippen LogP) is 1.69. The fraction of sp³-hybridized carbons (Fsp3) is 0.571. The van der Waals surface area contributed by atoms with Gasteiger partial charge in [0.2, 0.25) is 5.91 Å². The lowest BCUT2D eigenvalue weighted by Crippen LogP contribution is -2.26. The van der Waals surface area contributed by atoms with Gasteiger partial charge in [-0.05, 0) is 44.2 Å². The number of nitrogens with one attached hydrogen (secondary N) is 2. The predicted molar refractivity (Wildman–Crippen MR) is 76.8 cm³/mol. The Morgan fingerprint density at radius 3 is 2.89 bits per heavy atom. The van der Waals surface area contributed by atoms with Gasteiger partial charge in [0.25, 0.3) is 0 Å². The highest BCUT2D eigenvalue weighted by Crippen LogP contribution is 2.28. The minimum Gasteiger partial charge on any atom is -0.396 e. The summed E-state index contributed by atoms with van der Waals surface area (Å²) in [5.74, 6) is 1.27. The van der Waals surface area contributed by atoms with Gasteiger partial charge in [-0.2, -0.15) is 0 Å². The van der Waals surface area contributed by atoms with Crippen LogP contribution in [0.25, 0.3) is 0 Å². The molecule has 0 atom stereocenters. The number of anilines is 2. The molecule has 1 saturated carbocycles. The van der Waals surface area contributed by atoms with Gasteiger partial charge in [-0.25, -0.2) is 4.98 Å². The van der Waals surface area contributed by atoms with Crippen molar-refractivity contribution in [2.24, 2.45) is 5.92 Å². The molecule has 1 aromatic heterocycles. The highest BCUT2D eigenvalue weighted by Gasteiger charge is 2.28. The van der Waals surface area contributed by atoms with Crippen LogP contribution in [0.5, 0.6) is 0 Å². The number of rotatable bonds is 7. The molecule has 0 bridgehead atoms. The topological polar surface area (TPSA) is 80.0 Å². The number of pyridine rings is 1. The molecular formula is C14H22N4O. The monoisotopic (exact) mass is 262 g/mol. The molecule has 2 rings (SSSR count). The van der Waals surface area contributed by atoms with Crippen LogP contribution >= 0.6 is 0 Å². The van der Waals surface area contributed by atoms with Crippen molar-refractivity contribution in [1.82, 2.24) is 10.3 Å². The molecule has 1 aliphatic rings. The molecule has 1 aliphatic carbocycles. The van der Waals surface area contributed by atoms with Crippen molar-refractivity contribution in [2.45, 2.75) is 32.6 Å². The maximum atomic E-state index is 11.4. The first-order valence-electron chi connectivity index (χ1n) is 6.91. The van der Waals surface area contributed by atoms with Crippen LogP contribution in [0.4, 0.5) is 11.5 Å². The van der Waals surface area contributed by atoms with Gasteiger partial charge in [0, 0.05) is 25.2 Å². The Labute approximate surface area is 114 Å². The largest absolute Gasteiger partial charge is 0.396 e. The van der Waals surface area contributed by atoms with Crippen molar-refractivity contribution in [1.29, 1.82) is 0 Å². The van der Waals surface area contributed by atoms with Gasteiger partial charge < -0.3 is 16.4 Å². The number of amides is 1. The Morgan fingerprint density at radius 2 is 2.16 bits per heavy atom. The van der Waals surface area contributed by atoms with Crippen molar-refractivity contribution in [3.8, 4) is 0 Å². The number of nitrogens with two attached hydrogens (primary N) is 1. The van der Waals surface area contributed by atoms with Gasteiger partial charge in [0.1, 0.15) is 5.82 Å². The van der Waals surface area contributed by atoms with E-state index in [0.29, 0.717) is 11.6 Å². The van der Waals surface area contributed by atoms with Crippen LogP contribution in [-0.2, 0) is 4.79 Å². The summed E-state index contributed by atoms with van der Waals surface area (Å²) in [7, 11) is 0. The van der Waals surface area contributed by atoms with Gasteiger partial charge in [0.05, 0.1) is 5.69 Å². The maximum Gasteiger partial charge on any atom is 0.223 e. The normalized spacial score (nSPS) is 14.2. The Bertz CT molecular complexity index is 443. The Hall–Kier alpha value is -1.78. The summed E-state index contributed by atoms with van der Waals surface area (Å²) in [5.41, 5.74) is 7.67. The van der Waals surface area contributed by atoms with E-state index in [9.17, 15) is 4.79 Å². The summed E-state index contributed by atoms with van der Waals surface area (Å²) >= 11 is 0. The van der Waals surface area contributed by atoms with Gasteiger partial charge in [0.15, 0.2) is 0 Å². The molecule has 5 heteroatoms. The fourth-order valence-corrected chi connectivity index (χ4v) is 1.87. The smallest absolute Gasteiger partial charge is 0.223 e. The zero-order valence-corrected chi connectivity index (χ0v) is 11.4. The van der Waals surface area contributed by atoms with E-state index >= 15 is 0 Å². The third kappa shape index (κ3) is 4.12. The van der Waals surface area contributed by atoms with Crippen LogP contribution in [0.2, 0.25) is 0 Å². The maximum absolute atomic E-state index is 11.4. The average Bonchev–Trinajstić information content (AvgIpc) is 3.22. The molecule has 0 spiro atoms. The Kier molecular flexibility index (Phi) is 4.60. The van der Waals surface area contributed by atoms with E-state index in [1.165, 1.54) is 0 Å². The molecule has 0 aromatic carbocycles. The lowest BCUT2D eigenvalue weighted by molar-refractivity contribution is -0.122. The van der Waals surface area contributed by atoms with E-state index in [2.05, 4.69) is 15.6 Å². The molecule has 1 heterocycles. The van der Waals surface area contributed by atoms with Gasteiger partial charge >= 0.3 is 0 Å². The highest BCUT2D eigenvalue weighted by molar-refractivity contribution is 5.80. The molecule has 0 saturated heterocycles. The second-order valence-electron chi connectivity index (χ2n) is 5.09. The van der Waals surface area contributed by atoms with Crippen LogP contribution in [0.3, 0.4) is 0 Å². The number of carbonyl (C=O) groups is 1. The van der Waals surface area contributed by atoms with Crippen molar-refractivity contribution >= 4 is 17.4 Å². The summed E-state index contributed by atoms with van der Waals surface area (Å²) in [4.78, 5) is 15.6. The quantitative estimate of drug-likeness (QED) is 0.653. The van der Waals surface area contributed by atoms with E-state index in [4.69, 9.17) is 5.73 Å². The summed E-state index contributed by atoms with van der Waals surface area (Å²) in [6.07, 6.45) is 5.83. The number of carbonyl (C=O) groups excluding carboxylic acids is 1. The third-order valence-corrected chi connectivity index (χ3v) is 3.35. The first kappa shape index (κ1) is 13.6. The van der Waals surface area contributed by atoms with Crippen molar-refractivity contribution in [2.75, 3.05) is 24.1 Å². The van der Waals surface area contributed by atoms with Crippen LogP contribution in [-0.4, -0.2) is 24.0 Å². The lowest BCUT2D eigenvalue weighted by atomic mass is 10.2. The first-order chi connectivity index (χ1) is 9.18. The number of nitrogen functional groups attached to an aromatic ring is 1. The summed E-state index contributed by atoms with van der Waals surface area (Å²) in [6, 6.07) is 1.90. The molecule has 104 valence electrons. The fourth-order valence-electron chi connectivity index (χ4n) is 1.87. The molecule has 0 radical (unpaired) electrons. The van der Waals surface area contributed by atoms with Gasteiger partial charge in [-0.1, -0.05) is 0 Å². The SMILES string of the molecule is Cc1ccnc(NCCCCNC(=O)C2CC2)c1N. The summed E-state index contributed by atoms with van der Waals surface area (Å²) in [6.45, 7) is 3.54. The van der Waals surface area contributed by atoms with Crippen LogP contribution in [0.1, 0.15) is 31.2 Å². The number of aromatic nitrogens is 1. The van der Waals surface area contributed by atoms with Crippen LogP contribution in [0, 0.1) is 12.8 Å². The molecule has 4 N–H and O–H groups in total. The van der Waals surface area contributed by atoms with Gasteiger partial charge in [-0.15, -0.1) is 0 Å².